The number of methoxy groups -OCH3 is 2. The van der Waals surface area contributed by atoms with E-state index in [2.05, 4.69) is 4.98 Å². The summed E-state index contributed by atoms with van der Waals surface area (Å²) in [5, 5.41) is 22.7. The summed E-state index contributed by atoms with van der Waals surface area (Å²) in [5.74, 6) is -0.268. The topological polar surface area (TPSA) is 125 Å². The Morgan fingerprint density at radius 3 is 2.65 bits per heavy atom. The number of ether oxygens (including phenoxy) is 3. The summed E-state index contributed by atoms with van der Waals surface area (Å²) in [6.07, 6.45) is 3.83. The molecule has 1 fully saturated rings. The third kappa shape index (κ3) is 8.62. The number of para-hydroxylation sites is 1. The number of aromatic amines is 1. The van der Waals surface area contributed by atoms with Gasteiger partial charge in [-0.2, -0.15) is 0 Å². The Bertz CT molecular complexity index is 1100. The molecule has 2 heterocycles. The normalized spacial score (nSPS) is 24.1. The number of carbonyl (C=O) groups excluding carboxylic acids is 2. The lowest BCUT2D eigenvalue weighted by atomic mass is 9.92. The molecule has 0 bridgehead atoms. The van der Waals surface area contributed by atoms with Crippen LogP contribution in [0.3, 0.4) is 0 Å². The third-order valence-electron chi connectivity index (χ3n) is 7.29. The fraction of sp³-hybridized carbons (Fsp3) is 0.600. The Morgan fingerprint density at radius 1 is 1.15 bits per heavy atom. The molecular formula is C30H45N3O7. The summed E-state index contributed by atoms with van der Waals surface area (Å²) in [4.78, 5) is 33.3. The van der Waals surface area contributed by atoms with Gasteiger partial charge < -0.3 is 39.2 Å². The lowest BCUT2D eigenvalue weighted by Crippen LogP contribution is -2.57. The van der Waals surface area contributed by atoms with E-state index in [-0.39, 0.29) is 44.0 Å². The number of H-pyrrole nitrogens is 1. The highest BCUT2D eigenvalue weighted by Crippen LogP contribution is 2.23. The molecule has 0 aliphatic carbocycles. The van der Waals surface area contributed by atoms with Crippen LogP contribution in [-0.4, -0.2) is 115 Å². The Kier molecular flexibility index (Phi) is 12.6. The quantitative estimate of drug-likeness (QED) is 0.445. The average Bonchev–Trinajstić information content (AvgIpc) is 3.35. The number of hydrogen-bond acceptors (Lipinski definition) is 7. The molecule has 1 aliphatic rings. The first-order valence-electron chi connectivity index (χ1n) is 14.0. The van der Waals surface area contributed by atoms with Gasteiger partial charge in [-0.1, -0.05) is 32.0 Å². The molecule has 10 heteroatoms. The van der Waals surface area contributed by atoms with E-state index in [0.29, 0.717) is 32.4 Å². The molecule has 1 aromatic heterocycles. The highest BCUT2D eigenvalue weighted by molar-refractivity contribution is 5.96. The summed E-state index contributed by atoms with van der Waals surface area (Å²) >= 11 is 0. The molecule has 0 saturated carbocycles. The van der Waals surface area contributed by atoms with Crippen molar-refractivity contribution in [3.8, 4) is 0 Å². The van der Waals surface area contributed by atoms with Crippen molar-refractivity contribution in [3.05, 3.63) is 42.1 Å². The van der Waals surface area contributed by atoms with Crippen LogP contribution in [0.5, 0.6) is 0 Å². The molecule has 1 aliphatic heterocycles. The minimum Gasteiger partial charge on any atom is -0.388 e. The number of rotatable bonds is 7. The molecule has 0 unspecified atom stereocenters. The lowest BCUT2D eigenvalue weighted by Gasteiger charge is -2.41. The molecule has 3 rings (SSSR count). The van der Waals surface area contributed by atoms with Crippen LogP contribution in [0.2, 0.25) is 0 Å². The maximum atomic E-state index is 13.4. The van der Waals surface area contributed by atoms with E-state index >= 15 is 0 Å². The van der Waals surface area contributed by atoms with Crippen LogP contribution >= 0.6 is 0 Å². The average molecular weight is 560 g/mol. The molecule has 222 valence electrons. The van der Waals surface area contributed by atoms with Crippen LogP contribution in [0.15, 0.2) is 36.5 Å². The van der Waals surface area contributed by atoms with Crippen LogP contribution in [-0.2, 0) is 23.8 Å². The van der Waals surface area contributed by atoms with Gasteiger partial charge in [0.05, 0.1) is 12.6 Å². The smallest absolute Gasteiger partial charge is 0.248 e. The summed E-state index contributed by atoms with van der Waals surface area (Å²) < 4.78 is 16.5. The van der Waals surface area contributed by atoms with Crippen molar-refractivity contribution in [1.29, 1.82) is 0 Å². The van der Waals surface area contributed by atoms with Crippen molar-refractivity contribution in [2.24, 2.45) is 5.92 Å². The van der Waals surface area contributed by atoms with Gasteiger partial charge in [0.2, 0.25) is 11.8 Å². The molecule has 1 saturated heterocycles. The number of aliphatic hydroxyl groups excluding tert-OH is 2. The summed E-state index contributed by atoms with van der Waals surface area (Å²) in [7, 11) is 2.91. The summed E-state index contributed by atoms with van der Waals surface area (Å²) in [5.41, 5.74) is 1.92. The van der Waals surface area contributed by atoms with E-state index in [1.54, 1.807) is 15.9 Å². The first-order valence-corrected chi connectivity index (χ1v) is 14.0. The third-order valence-corrected chi connectivity index (χ3v) is 7.29. The second-order valence-corrected chi connectivity index (χ2v) is 10.7. The first kappa shape index (κ1) is 31.8. The first-order chi connectivity index (χ1) is 19.3. The van der Waals surface area contributed by atoms with Crippen LogP contribution in [0.1, 0.15) is 38.7 Å². The number of fused-ring (bicyclic) bond motifs is 1. The van der Waals surface area contributed by atoms with Gasteiger partial charge in [-0.3, -0.25) is 9.59 Å². The zero-order chi connectivity index (χ0) is 29.1. The van der Waals surface area contributed by atoms with E-state index < -0.39 is 24.4 Å². The van der Waals surface area contributed by atoms with Crippen molar-refractivity contribution in [3.63, 3.8) is 0 Å². The predicted octanol–water partition coefficient (Wildman–Crippen LogP) is 2.45. The Morgan fingerprint density at radius 2 is 1.93 bits per heavy atom. The summed E-state index contributed by atoms with van der Waals surface area (Å²) in [6.45, 7) is 5.23. The van der Waals surface area contributed by atoms with Gasteiger partial charge in [0.1, 0.15) is 24.9 Å². The van der Waals surface area contributed by atoms with Crippen LogP contribution in [0.4, 0.5) is 0 Å². The monoisotopic (exact) mass is 559 g/mol. The minimum atomic E-state index is -1.27. The lowest BCUT2D eigenvalue weighted by molar-refractivity contribution is -0.153. The zero-order valence-electron chi connectivity index (χ0n) is 24.1. The maximum Gasteiger partial charge on any atom is 0.248 e. The Hall–Kier alpha value is -2.76. The molecule has 2 amide bonds. The molecule has 4 atom stereocenters. The minimum absolute atomic E-state index is 0.0581. The van der Waals surface area contributed by atoms with Gasteiger partial charge in [-0.05, 0) is 42.9 Å². The van der Waals surface area contributed by atoms with E-state index in [1.807, 2.05) is 50.4 Å². The largest absolute Gasteiger partial charge is 0.388 e. The number of nitrogens with zero attached hydrogens (tertiary/aromatic N) is 2. The second-order valence-electron chi connectivity index (χ2n) is 10.7. The fourth-order valence-electron chi connectivity index (χ4n) is 5.22. The van der Waals surface area contributed by atoms with Crippen molar-refractivity contribution in [1.82, 2.24) is 14.8 Å². The fourth-order valence-corrected chi connectivity index (χ4v) is 5.22. The molecule has 40 heavy (non-hydrogen) atoms. The number of aliphatic hydroxyl groups is 2. The Labute approximate surface area is 236 Å². The molecular weight excluding hydrogens is 514 g/mol. The van der Waals surface area contributed by atoms with Crippen LogP contribution in [0, 0.1) is 5.92 Å². The summed E-state index contributed by atoms with van der Waals surface area (Å²) in [6, 6.07) is 7.35. The number of benzene rings is 1. The van der Waals surface area contributed by atoms with Crippen molar-refractivity contribution in [2.45, 2.75) is 57.5 Å². The standard InChI is InChI=1S/C30H45N3O7/c1-21(2)17-25-30(39-4)29(37)26(34)19-40-16-8-7-13-32(14-15-33(25)28(36)20-38-3)27(35)12-11-22-18-31-24-10-6-5-9-23(22)24/h5-6,9-12,18,21,25-26,29-31,34,37H,7-8,13-17,19-20H2,1-4H3/b12-11+/t25-,26-,29-,30-/m0/s1. The van der Waals surface area contributed by atoms with Gasteiger partial charge >= 0.3 is 0 Å². The van der Waals surface area contributed by atoms with Crippen LogP contribution in [0.25, 0.3) is 17.0 Å². The number of aromatic nitrogens is 1. The number of nitrogens with one attached hydrogen (secondary N) is 1. The highest BCUT2D eigenvalue weighted by Gasteiger charge is 2.39. The predicted molar refractivity (Wildman–Crippen MR) is 154 cm³/mol. The molecule has 10 nitrogen and oxygen atoms in total. The van der Waals surface area contributed by atoms with Crippen molar-refractivity contribution in [2.75, 3.05) is 53.7 Å². The molecule has 0 radical (unpaired) electrons. The van der Waals surface area contributed by atoms with Gasteiger partial charge in [0, 0.05) is 63.6 Å². The van der Waals surface area contributed by atoms with Gasteiger partial charge in [0.25, 0.3) is 0 Å². The number of carbonyl (C=O) groups is 2. The molecule has 2 aromatic rings. The van der Waals surface area contributed by atoms with E-state index in [1.165, 1.54) is 14.2 Å². The molecule has 1 aromatic carbocycles. The molecule has 3 N–H and O–H groups in total. The van der Waals surface area contributed by atoms with Crippen molar-refractivity contribution < 1.29 is 34.0 Å². The highest BCUT2D eigenvalue weighted by atomic mass is 16.5. The molecule has 0 spiro atoms. The number of amides is 2. The van der Waals surface area contributed by atoms with Gasteiger partial charge in [-0.15, -0.1) is 0 Å². The second kappa shape index (κ2) is 15.9. The zero-order valence-corrected chi connectivity index (χ0v) is 24.1. The van der Waals surface area contributed by atoms with E-state index in [0.717, 1.165) is 16.5 Å². The Balaban J connectivity index is 1.89. The van der Waals surface area contributed by atoms with E-state index in [9.17, 15) is 19.8 Å². The van der Waals surface area contributed by atoms with Gasteiger partial charge in [-0.25, -0.2) is 0 Å². The van der Waals surface area contributed by atoms with Crippen LogP contribution < -0.4 is 0 Å². The van der Waals surface area contributed by atoms with E-state index in [4.69, 9.17) is 14.2 Å². The van der Waals surface area contributed by atoms with Crippen molar-refractivity contribution >= 4 is 28.8 Å². The van der Waals surface area contributed by atoms with Gasteiger partial charge in [0.15, 0.2) is 0 Å². The number of hydrogen-bond donors (Lipinski definition) is 3. The SMILES string of the molecule is COCC(=O)N1CCN(C(=O)/C=C/c2c[nH]c3ccccc23)CCCCOC[C@H](O)[C@H](O)[C@@H](OC)[C@@H]1CC(C)C. The maximum absolute atomic E-state index is 13.4.